The fourth-order valence-corrected chi connectivity index (χ4v) is 2.74. The molecular formula is C18H11BrN4O2. The molecule has 7 heteroatoms. The van der Waals surface area contributed by atoms with Crippen LogP contribution in [0.2, 0.25) is 0 Å². The Labute approximate surface area is 151 Å². The van der Waals surface area contributed by atoms with E-state index in [1.165, 1.54) is 6.20 Å². The maximum absolute atomic E-state index is 12.3. The molecule has 0 radical (unpaired) electrons. The first kappa shape index (κ1) is 15.5. The Morgan fingerprint density at radius 1 is 1.08 bits per heavy atom. The van der Waals surface area contributed by atoms with Crippen LogP contribution in [0.1, 0.15) is 10.4 Å². The van der Waals surface area contributed by atoms with E-state index in [-0.39, 0.29) is 5.91 Å². The first-order chi connectivity index (χ1) is 12.2. The van der Waals surface area contributed by atoms with Gasteiger partial charge in [-0.25, -0.2) is 4.98 Å². The Hall–Kier alpha value is -3.06. The van der Waals surface area contributed by atoms with Crippen LogP contribution in [-0.4, -0.2) is 20.9 Å². The van der Waals surface area contributed by atoms with Gasteiger partial charge < -0.3 is 9.73 Å². The van der Waals surface area contributed by atoms with Gasteiger partial charge in [0.25, 0.3) is 5.91 Å². The van der Waals surface area contributed by atoms with Crippen molar-refractivity contribution in [3.63, 3.8) is 0 Å². The molecule has 0 fully saturated rings. The van der Waals surface area contributed by atoms with Crippen LogP contribution in [0.25, 0.3) is 22.6 Å². The number of aromatic nitrogens is 3. The highest BCUT2D eigenvalue weighted by atomic mass is 79.9. The molecule has 1 N–H and O–H groups in total. The monoisotopic (exact) mass is 394 g/mol. The third kappa shape index (κ3) is 3.27. The lowest BCUT2D eigenvalue weighted by molar-refractivity contribution is 0.102. The van der Waals surface area contributed by atoms with Gasteiger partial charge in [-0.1, -0.05) is 6.07 Å². The van der Waals surface area contributed by atoms with Gasteiger partial charge >= 0.3 is 0 Å². The van der Waals surface area contributed by atoms with E-state index in [0.717, 1.165) is 10.0 Å². The molecule has 122 valence electrons. The van der Waals surface area contributed by atoms with E-state index in [4.69, 9.17) is 4.42 Å². The number of fused-ring (bicyclic) bond motifs is 1. The fourth-order valence-electron chi connectivity index (χ4n) is 2.37. The van der Waals surface area contributed by atoms with Crippen LogP contribution in [-0.2, 0) is 0 Å². The zero-order chi connectivity index (χ0) is 17.2. The summed E-state index contributed by atoms with van der Waals surface area (Å²) in [5.74, 6) is 0.232. The summed E-state index contributed by atoms with van der Waals surface area (Å²) in [7, 11) is 0. The van der Waals surface area contributed by atoms with Gasteiger partial charge in [-0.05, 0) is 40.2 Å². The highest BCUT2D eigenvalue weighted by Gasteiger charge is 2.11. The summed E-state index contributed by atoms with van der Waals surface area (Å²) in [4.78, 5) is 24.8. The van der Waals surface area contributed by atoms with E-state index in [9.17, 15) is 4.79 Å². The smallest absolute Gasteiger partial charge is 0.257 e. The molecule has 3 aromatic heterocycles. The minimum Gasteiger partial charge on any atom is -0.436 e. The quantitative estimate of drug-likeness (QED) is 0.560. The lowest BCUT2D eigenvalue weighted by Crippen LogP contribution is -2.12. The summed E-state index contributed by atoms with van der Waals surface area (Å²) < 4.78 is 6.48. The summed E-state index contributed by atoms with van der Waals surface area (Å²) in [5, 5.41) is 2.85. The number of pyridine rings is 2. The molecule has 4 aromatic rings. The summed E-state index contributed by atoms with van der Waals surface area (Å²) in [6, 6.07) is 10.8. The molecular weight excluding hydrogens is 384 g/mol. The maximum atomic E-state index is 12.3. The Morgan fingerprint density at radius 3 is 2.84 bits per heavy atom. The average molecular weight is 395 g/mol. The lowest BCUT2D eigenvalue weighted by Gasteiger charge is -2.06. The average Bonchev–Trinajstić information content (AvgIpc) is 3.06. The van der Waals surface area contributed by atoms with Gasteiger partial charge in [0.05, 0.1) is 11.8 Å². The number of nitrogens with one attached hydrogen (secondary N) is 1. The molecule has 3 heterocycles. The molecule has 0 saturated carbocycles. The molecule has 6 nitrogen and oxygen atoms in total. The molecule has 0 bridgehead atoms. The lowest BCUT2D eigenvalue weighted by atomic mass is 10.2. The van der Waals surface area contributed by atoms with E-state index in [1.54, 1.807) is 42.9 Å². The Bertz CT molecular complexity index is 1040. The molecule has 0 aliphatic rings. The van der Waals surface area contributed by atoms with Crippen molar-refractivity contribution in [2.75, 3.05) is 5.32 Å². The summed E-state index contributed by atoms with van der Waals surface area (Å²) in [5.41, 5.74) is 3.23. The Balaban J connectivity index is 1.62. The number of hydrogen-bond acceptors (Lipinski definition) is 5. The van der Waals surface area contributed by atoms with Crippen molar-refractivity contribution in [2.45, 2.75) is 0 Å². The van der Waals surface area contributed by atoms with Gasteiger partial charge in [-0.2, -0.15) is 0 Å². The third-order valence-electron chi connectivity index (χ3n) is 3.52. The number of benzene rings is 1. The van der Waals surface area contributed by atoms with Gasteiger partial charge in [0.1, 0.15) is 5.52 Å². The predicted molar refractivity (Wildman–Crippen MR) is 97.1 cm³/mol. The van der Waals surface area contributed by atoms with Gasteiger partial charge in [-0.15, -0.1) is 0 Å². The molecule has 0 saturated heterocycles. The highest BCUT2D eigenvalue weighted by Crippen LogP contribution is 2.26. The van der Waals surface area contributed by atoms with Crippen molar-refractivity contribution in [3.05, 3.63) is 71.2 Å². The van der Waals surface area contributed by atoms with Crippen molar-refractivity contribution in [1.29, 1.82) is 0 Å². The number of oxazole rings is 1. The first-order valence-corrected chi connectivity index (χ1v) is 8.21. The van der Waals surface area contributed by atoms with E-state index in [1.807, 2.05) is 12.1 Å². The molecule has 0 aliphatic heterocycles. The van der Waals surface area contributed by atoms with Gasteiger partial charge in [0.2, 0.25) is 5.89 Å². The zero-order valence-corrected chi connectivity index (χ0v) is 14.4. The van der Waals surface area contributed by atoms with Crippen LogP contribution >= 0.6 is 15.9 Å². The van der Waals surface area contributed by atoms with E-state index >= 15 is 0 Å². The molecule has 0 spiro atoms. The fraction of sp³-hybridized carbons (Fsp3) is 0. The standard InChI is InChI=1S/C18H11BrN4O2/c19-13-6-12(8-21-9-13)17(24)22-14-3-1-2-11(7-14)18-23-15-10-20-5-4-16(15)25-18/h1-10H,(H,22,24). The van der Waals surface area contributed by atoms with E-state index in [0.29, 0.717) is 28.2 Å². The van der Waals surface area contributed by atoms with Gasteiger partial charge in [0.15, 0.2) is 5.58 Å². The van der Waals surface area contributed by atoms with E-state index in [2.05, 4.69) is 36.2 Å². The molecule has 1 amide bonds. The van der Waals surface area contributed by atoms with Crippen LogP contribution in [0.3, 0.4) is 0 Å². The minimum absolute atomic E-state index is 0.243. The van der Waals surface area contributed by atoms with Crippen LogP contribution in [0.4, 0.5) is 5.69 Å². The molecule has 25 heavy (non-hydrogen) atoms. The topological polar surface area (TPSA) is 80.9 Å². The largest absolute Gasteiger partial charge is 0.436 e. The number of anilines is 1. The van der Waals surface area contributed by atoms with Crippen molar-refractivity contribution in [2.24, 2.45) is 0 Å². The van der Waals surface area contributed by atoms with Crippen LogP contribution < -0.4 is 5.32 Å². The van der Waals surface area contributed by atoms with Crippen LogP contribution in [0.15, 0.2) is 70.1 Å². The zero-order valence-electron chi connectivity index (χ0n) is 12.8. The molecule has 0 atom stereocenters. The molecule has 0 aliphatic carbocycles. The van der Waals surface area contributed by atoms with Gasteiger partial charge in [-0.3, -0.25) is 14.8 Å². The number of carbonyl (C=O) groups is 1. The predicted octanol–water partition coefficient (Wildman–Crippen LogP) is 4.30. The normalized spacial score (nSPS) is 10.8. The second-order valence-electron chi connectivity index (χ2n) is 5.29. The SMILES string of the molecule is O=C(Nc1cccc(-c2nc3cnccc3o2)c1)c1cncc(Br)c1. The number of carbonyl (C=O) groups excluding carboxylic acids is 1. The number of amides is 1. The van der Waals surface area contributed by atoms with Crippen molar-refractivity contribution in [1.82, 2.24) is 15.0 Å². The third-order valence-corrected chi connectivity index (χ3v) is 3.96. The van der Waals surface area contributed by atoms with Crippen molar-refractivity contribution in [3.8, 4) is 11.5 Å². The van der Waals surface area contributed by atoms with Crippen molar-refractivity contribution >= 4 is 38.6 Å². The highest BCUT2D eigenvalue weighted by molar-refractivity contribution is 9.10. The van der Waals surface area contributed by atoms with E-state index < -0.39 is 0 Å². The second-order valence-corrected chi connectivity index (χ2v) is 6.20. The Kier molecular flexibility index (Phi) is 3.99. The van der Waals surface area contributed by atoms with Gasteiger partial charge in [0, 0.05) is 40.4 Å². The molecule has 0 unspecified atom stereocenters. The summed E-state index contributed by atoms with van der Waals surface area (Å²) in [6.07, 6.45) is 6.44. The maximum Gasteiger partial charge on any atom is 0.257 e. The number of halogens is 1. The molecule has 4 rings (SSSR count). The Morgan fingerprint density at radius 2 is 2.00 bits per heavy atom. The summed E-state index contributed by atoms with van der Waals surface area (Å²) in [6.45, 7) is 0. The number of nitrogens with zero attached hydrogens (tertiary/aromatic N) is 3. The first-order valence-electron chi connectivity index (χ1n) is 7.42. The minimum atomic E-state index is -0.243. The number of hydrogen-bond donors (Lipinski definition) is 1. The van der Waals surface area contributed by atoms with Crippen molar-refractivity contribution < 1.29 is 9.21 Å². The second kappa shape index (κ2) is 6.45. The summed E-state index contributed by atoms with van der Waals surface area (Å²) >= 11 is 3.31. The van der Waals surface area contributed by atoms with Crippen LogP contribution in [0.5, 0.6) is 0 Å². The number of rotatable bonds is 3. The van der Waals surface area contributed by atoms with Crippen LogP contribution in [0, 0.1) is 0 Å². The molecule has 1 aromatic carbocycles.